The summed E-state index contributed by atoms with van der Waals surface area (Å²) in [4.78, 5) is 4.11. The van der Waals surface area contributed by atoms with Gasteiger partial charge >= 0.3 is 0 Å². The van der Waals surface area contributed by atoms with Crippen LogP contribution in [0.5, 0.6) is 0 Å². The number of rotatable bonds is 5. The molecule has 1 aromatic heterocycles. The van der Waals surface area contributed by atoms with E-state index in [4.69, 9.17) is 39.3 Å². The summed E-state index contributed by atoms with van der Waals surface area (Å²) >= 11 is 17.8. The average Bonchev–Trinajstić information content (AvgIpc) is 3.05. The van der Waals surface area contributed by atoms with Crippen molar-refractivity contribution in [2.75, 3.05) is 7.05 Å². The van der Waals surface area contributed by atoms with Crippen molar-refractivity contribution in [3.8, 4) is 11.4 Å². The highest BCUT2D eigenvalue weighted by molar-refractivity contribution is 7.89. The molecule has 3 rings (SSSR count). The standard InChI is InChI=1S/C16H12Cl3N3O3S/c1-22(26(23,24)14-8-12(18)5-6-13(14)19)9-15-20-16(21-25-15)10-3-2-4-11(17)7-10/h2-8H,9H2,1H3. The first kappa shape index (κ1) is 19.1. The summed E-state index contributed by atoms with van der Waals surface area (Å²) in [5, 5.41) is 4.73. The second-order valence-corrected chi connectivity index (χ2v) is 8.65. The van der Waals surface area contributed by atoms with E-state index in [1.54, 1.807) is 24.3 Å². The van der Waals surface area contributed by atoms with Gasteiger partial charge < -0.3 is 4.52 Å². The monoisotopic (exact) mass is 431 g/mol. The highest BCUT2D eigenvalue weighted by Gasteiger charge is 2.26. The summed E-state index contributed by atoms with van der Waals surface area (Å²) in [6.07, 6.45) is 0. The molecule has 0 spiro atoms. The van der Waals surface area contributed by atoms with Crippen LogP contribution in [0.1, 0.15) is 5.89 Å². The van der Waals surface area contributed by atoms with Crippen LogP contribution in [-0.2, 0) is 16.6 Å². The van der Waals surface area contributed by atoms with Crippen LogP contribution < -0.4 is 0 Å². The molecule has 0 amide bonds. The Morgan fingerprint density at radius 3 is 2.54 bits per heavy atom. The third-order valence-corrected chi connectivity index (χ3v) is 6.25. The Hall–Kier alpha value is -1.64. The summed E-state index contributed by atoms with van der Waals surface area (Å²) in [6, 6.07) is 11.2. The quantitative estimate of drug-likeness (QED) is 0.592. The molecular weight excluding hydrogens is 421 g/mol. The Bertz CT molecular complexity index is 1050. The lowest BCUT2D eigenvalue weighted by Gasteiger charge is -2.16. The average molecular weight is 433 g/mol. The van der Waals surface area contributed by atoms with Gasteiger partial charge in [0.1, 0.15) is 4.90 Å². The molecule has 0 aliphatic heterocycles. The minimum Gasteiger partial charge on any atom is -0.338 e. The van der Waals surface area contributed by atoms with Gasteiger partial charge in [0.25, 0.3) is 0 Å². The molecule has 2 aromatic carbocycles. The number of sulfonamides is 1. The molecule has 0 aliphatic carbocycles. The summed E-state index contributed by atoms with van der Waals surface area (Å²) < 4.78 is 31.6. The van der Waals surface area contributed by atoms with E-state index < -0.39 is 10.0 Å². The Balaban J connectivity index is 1.84. The van der Waals surface area contributed by atoms with Crippen molar-refractivity contribution in [1.82, 2.24) is 14.4 Å². The predicted octanol–water partition coefficient (Wildman–Crippen LogP) is 4.52. The van der Waals surface area contributed by atoms with Crippen molar-refractivity contribution in [2.24, 2.45) is 0 Å². The number of aromatic nitrogens is 2. The van der Waals surface area contributed by atoms with E-state index >= 15 is 0 Å². The number of benzene rings is 2. The smallest absolute Gasteiger partial charge is 0.244 e. The first-order chi connectivity index (χ1) is 12.3. The molecule has 0 radical (unpaired) electrons. The Morgan fingerprint density at radius 2 is 1.81 bits per heavy atom. The summed E-state index contributed by atoms with van der Waals surface area (Å²) in [5.74, 6) is 0.443. The molecule has 0 saturated carbocycles. The van der Waals surface area contributed by atoms with Crippen LogP contribution in [0.25, 0.3) is 11.4 Å². The first-order valence-corrected chi connectivity index (χ1v) is 9.84. The van der Waals surface area contributed by atoms with Crippen LogP contribution in [0.3, 0.4) is 0 Å². The van der Waals surface area contributed by atoms with Gasteiger partial charge in [-0.05, 0) is 30.3 Å². The lowest BCUT2D eigenvalue weighted by molar-refractivity contribution is 0.337. The molecule has 6 nitrogen and oxygen atoms in total. The van der Waals surface area contributed by atoms with Gasteiger partial charge in [-0.1, -0.05) is 52.1 Å². The summed E-state index contributed by atoms with van der Waals surface area (Å²) in [5.41, 5.74) is 0.663. The van der Waals surface area contributed by atoms with Gasteiger partial charge in [0.2, 0.25) is 21.7 Å². The zero-order valence-corrected chi connectivity index (χ0v) is 16.4. The molecule has 0 aliphatic rings. The zero-order valence-electron chi connectivity index (χ0n) is 13.4. The zero-order chi connectivity index (χ0) is 18.9. The predicted molar refractivity (Wildman–Crippen MR) is 99.9 cm³/mol. The minimum atomic E-state index is -3.88. The van der Waals surface area contributed by atoms with E-state index in [-0.39, 0.29) is 27.4 Å². The van der Waals surface area contributed by atoms with Gasteiger partial charge in [-0.3, -0.25) is 0 Å². The fourth-order valence-corrected chi connectivity index (χ4v) is 4.23. The van der Waals surface area contributed by atoms with Crippen molar-refractivity contribution in [3.63, 3.8) is 0 Å². The molecule has 1 heterocycles. The van der Waals surface area contributed by atoms with Gasteiger partial charge in [0, 0.05) is 22.7 Å². The molecule has 3 aromatic rings. The lowest BCUT2D eigenvalue weighted by atomic mass is 10.2. The fourth-order valence-electron chi connectivity index (χ4n) is 2.18. The van der Waals surface area contributed by atoms with Gasteiger partial charge in [-0.2, -0.15) is 9.29 Å². The molecule has 0 unspecified atom stereocenters. The van der Waals surface area contributed by atoms with Crippen molar-refractivity contribution in [1.29, 1.82) is 0 Å². The van der Waals surface area contributed by atoms with E-state index in [2.05, 4.69) is 10.1 Å². The third-order valence-electron chi connectivity index (χ3n) is 3.49. The van der Waals surface area contributed by atoms with E-state index in [1.165, 1.54) is 25.2 Å². The Kier molecular flexibility index (Phi) is 5.55. The van der Waals surface area contributed by atoms with Crippen LogP contribution >= 0.6 is 34.8 Å². The largest absolute Gasteiger partial charge is 0.338 e. The number of hydrogen-bond acceptors (Lipinski definition) is 5. The molecule has 0 fully saturated rings. The second-order valence-electron chi connectivity index (χ2n) is 5.36. The topological polar surface area (TPSA) is 76.3 Å². The fraction of sp³-hybridized carbons (Fsp3) is 0.125. The first-order valence-electron chi connectivity index (χ1n) is 7.27. The molecule has 0 saturated heterocycles. The van der Waals surface area contributed by atoms with Crippen molar-refractivity contribution >= 4 is 44.8 Å². The van der Waals surface area contributed by atoms with Gasteiger partial charge in [0.05, 0.1) is 11.6 Å². The van der Waals surface area contributed by atoms with Crippen LogP contribution in [0.15, 0.2) is 51.9 Å². The van der Waals surface area contributed by atoms with Gasteiger partial charge in [-0.25, -0.2) is 8.42 Å². The van der Waals surface area contributed by atoms with Crippen molar-refractivity contribution < 1.29 is 12.9 Å². The lowest BCUT2D eigenvalue weighted by Crippen LogP contribution is -2.27. The van der Waals surface area contributed by atoms with E-state index in [1.807, 2.05) is 0 Å². The molecule has 0 N–H and O–H groups in total. The molecule has 10 heteroatoms. The SMILES string of the molecule is CN(Cc1nc(-c2cccc(Cl)c2)no1)S(=O)(=O)c1cc(Cl)ccc1Cl. The maximum atomic E-state index is 12.7. The number of halogens is 3. The maximum Gasteiger partial charge on any atom is 0.244 e. The normalized spacial score (nSPS) is 11.9. The number of hydrogen-bond donors (Lipinski definition) is 0. The third kappa shape index (κ3) is 4.02. The van der Waals surface area contributed by atoms with Crippen LogP contribution in [0.2, 0.25) is 15.1 Å². The van der Waals surface area contributed by atoms with E-state index in [9.17, 15) is 8.42 Å². The molecule has 0 bridgehead atoms. The van der Waals surface area contributed by atoms with Crippen LogP contribution in [0.4, 0.5) is 0 Å². The molecule has 0 atom stereocenters. The van der Waals surface area contributed by atoms with Crippen LogP contribution in [0, 0.1) is 0 Å². The maximum absolute atomic E-state index is 12.7. The van der Waals surface area contributed by atoms with Crippen molar-refractivity contribution in [2.45, 2.75) is 11.4 Å². The highest BCUT2D eigenvalue weighted by Crippen LogP contribution is 2.28. The second kappa shape index (κ2) is 7.54. The highest BCUT2D eigenvalue weighted by atomic mass is 35.5. The van der Waals surface area contributed by atoms with Crippen LogP contribution in [-0.4, -0.2) is 29.9 Å². The Morgan fingerprint density at radius 1 is 1.08 bits per heavy atom. The van der Waals surface area contributed by atoms with Crippen molar-refractivity contribution in [3.05, 3.63) is 63.4 Å². The van der Waals surface area contributed by atoms with Gasteiger partial charge in [-0.15, -0.1) is 0 Å². The molecule has 136 valence electrons. The van der Waals surface area contributed by atoms with E-state index in [0.717, 1.165) is 4.31 Å². The molecular formula is C16H12Cl3N3O3S. The van der Waals surface area contributed by atoms with E-state index in [0.29, 0.717) is 16.4 Å². The summed E-state index contributed by atoms with van der Waals surface area (Å²) in [6.45, 7) is -0.126. The summed E-state index contributed by atoms with van der Waals surface area (Å²) in [7, 11) is -2.50. The minimum absolute atomic E-state index is 0.0754. The molecule has 26 heavy (non-hydrogen) atoms. The number of nitrogens with zero attached hydrogens (tertiary/aromatic N) is 3. The van der Waals surface area contributed by atoms with Gasteiger partial charge in [0.15, 0.2) is 0 Å². The Labute approximate surface area is 165 Å².